The Kier molecular flexibility index (Phi) is 7.69. The zero-order chi connectivity index (χ0) is 20.5. The fourth-order valence-electron chi connectivity index (χ4n) is 3.39. The maximum Gasteiger partial charge on any atom is 0.305 e. The van der Waals surface area contributed by atoms with Gasteiger partial charge >= 0.3 is 5.97 Å². The average Bonchev–Trinajstić information content (AvgIpc) is 3.19. The first kappa shape index (κ1) is 21.1. The van der Waals surface area contributed by atoms with Crippen LogP contribution in [0.4, 0.5) is 0 Å². The Morgan fingerprint density at radius 2 is 1.96 bits per heavy atom. The minimum absolute atomic E-state index is 0.251. The van der Waals surface area contributed by atoms with Crippen LogP contribution in [0.2, 0.25) is 0 Å². The summed E-state index contributed by atoms with van der Waals surface area (Å²) in [5.41, 5.74) is 0.577. The molecule has 28 heavy (non-hydrogen) atoms. The Labute approximate surface area is 162 Å². The summed E-state index contributed by atoms with van der Waals surface area (Å²) in [4.78, 5) is 47.1. The molecule has 1 aliphatic rings. The molecule has 1 fully saturated rings. The number of carboxylic acid groups (broad SMARTS) is 1. The summed E-state index contributed by atoms with van der Waals surface area (Å²) < 4.78 is 0. The molecule has 1 saturated carbocycles. The molecule has 0 spiro atoms. The number of hydrogen-bond acceptors (Lipinski definition) is 5. The molecule has 2 rings (SSSR count). The van der Waals surface area contributed by atoms with E-state index in [0.717, 1.165) is 25.7 Å². The van der Waals surface area contributed by atoms with Gasteiger partial charge in [0, 0.05) is 5.56 Å². The van der Waals surface area contributed by atoms with Gasteiger partial charge in [0.05, 0.1) is 24.1 Å². The van der Waals surface area contributed by atoms with Crippen LogP contribution in [-0.4, -0.2) is 41.3 Å². The van der Waals surface area contributed by atoms with E-state index in [9.17, 15) is 19.2 Å². The van der Waals surface area contributed by atoms with Crippen molar-refractivity contribution in [1.82, 2.24) is 10.6 Å². The van der Waals surface area contributed by atoms with Gasteiger partial charge in [-0.25, -0.2) is 0 Å². The van der Waals surface area contributed by atoms with Gasteiger partial charge < -0.3 is 20.5 Å². The molecule has 0 bridgehead atoms. The highest BCUT2D eigenvalue weighted by molar-refractivity contribution is 5.98. The van der Waals surface area contributed by atoms with Crippen molar-refractivity contribution in [2.45, 2.75) is 50.6 Å². The smallest absolute Gasteiger partial charge is 0.305 e. The molecular weight excluding hydrogens is 362 g/mol. The van der Waals surface area contributed by atoms with Crippen LogP contribution in [0.3, 0.4) is 0 Å². The van der Waals surface area contributed by atoms with E-state index in [1.807, 2.05) is 6.07 Å². The number of amides is 2. The van der Waals surface area contributed by atoms with Crippen molar-refractivity contribution < 1.29 is 24.3 Å². The Morgan fingerprint density at radius 1 is 1.25 bits per heavy atom. The third-order valence-electron chi connectivity index (χ3n) is 4.81. The van der Waals surface area contributed by atoms with Gasteiger partial charge in [0.2, 0.25) is 5.91 Å². The van der Waals surface area contributed by atoms with Gasteiger partial charge in [0.1, 0.15) is 12.3 Å². The van der Waals surface area contributed by atoms with E-state index in [2.05, 4.69) is 10.6 Å². The minimum Gasteiger partial charge on any atom is -0.481 e. The molecule has 8 nitrogen and oxygen atoms in total. The zero-order valence-electron chi connectivity index (χ0n) is 15.4. The second-order valence-corrected chi connectivity index (χ2v) is 6.95. The predicted molar refractivity (Wildman–Crippen MR) is 99.2 cm³/mol. The van der Waals surface area contributed by atoms with Crippen LogP contribution in [0, 0.1) is 17.2 Å². The summed E-state index contributed by atoms with van der Waals surface area (Å²) in [5.74, 6) is -2.02. The number of nitrogens with one attached hydrogen (secondary N) is 2. The maximum absolute atomic E-state index is 12.6. The third-order valence-corrected chi connectivity index (χ3v) is 4.81. The van der Waals surface area contributed by atoms with E-state index in [1.165, 1.54) is 6.07 Å². The van der Waals surface area contributed by atoms with Crippen LogP contribution in [0.25, 0.3) is 0 Å². The first-order valence-corrected chi connectivity index (χ1v) is 9.21. The van der Waals surface area contributed by atoms with Crippen molar-refractivity contribution in [2.75, 3.05) is 0 Å². The highest BCUT2D eigenvalue weighted by Crippen LogP contribution is 2.28. The predicted octanol–water partition coefficient (Wildman–Crippen LogP) is 1.40. The standard InChI is InChI=1S/C20H23N3O5/c21-11-14-6-3-7-15(8-14)19(27)23-17(9-13-4-1-2-5-13)20(28)22-16(12-24)10-18(25)26/h3,6-8,12-13,16-17H,1-2,4-5,9-10H2,(H,22,28)(H,23,27)(H,25,26)/t16-,17+/m1/s1. The van der Waals surface area contributed by atoms with Crippen LogP contribution < -0.4 is 10.6 Å². The van der Waals surface area contributed by atoms with E-state index < -0.39 is 36.3 Å². The molecule has 1 aromatic rings. The fourth-order valence-corrected chi connectivity index (χ4v) is 3.39. The third kappa shape index (κ3) is 6.20. The number of aldehydes is 1. The molecule has 148 valence electrons. The maximum atomic E-state index is 12.6. The molecular formula is C20H23N3O5. The summed E-state index contributed by atoms with van der Waals surface area (Å²) in [6.07, 6.45) is 4.29. The van der Waals surface area contributed by atoms with Crippen LogP contribution in [0.1, 0.15) is 54.4 Å². The Bertz CT molecular complexity index is 780. The summed E-state index contributed by atoms with van der Waals surface area (Å²) >= 11 is 0. The molecule has 3 N–H and O–H groups in total. The van der Waals surface area contributed by atoms with Crippen LogP contribution >= 0.6 is 0 Å². The topological polar surface area (TPSA) is 136 Å². The number of benzene rings is 1. The molecule has 2 atom stereocenters. The highest BCUT2D eigenvalue weighted by atomic mass is 16.4. The number of rotatable bonds is 9. The average molecular weight is 385 g/mol. The first-order valence-electron chi connectivity index (χ1n) is 9.21. The lowest BCUT2D eigenvalue weighted by molar-refractivity contribution is -0.139. The van der Waals surface area contributed by atoms with Crippen molar-refractivity contribution in [3.05, 3.63) is 35.4 Å². The van der Waals surface area contributed by atoms with Gasteiger partial charge in [0.25, 0.3) is 5.91 Å². The van der Waals surface area contributed by atoms with Crippen molar-refractivity contribution in [1.29, 1.82) is 5.26 Å². The van der Waals surface area contributed by atoms with Crippen LogP contribution in [-0.2, 0) is 14.4 Å². The SMILES string of the molecule is N#Cc1cccc(C(=O)N[C@@H](CC2CCCC2)C(=O)N[C@@H](C=O)CC(=O)O)c1. The number of carboxylic acids is 1. The monoisotopic (exact) mass is 385 g/mol. The van der Waals surface area contributed by atoms with E-state index >= 15 is 0 Å². The van der Waals surface area contributed by atoms with Crippen molar-refractivity contribution in [3.63, 3.8) is 0 Å². The number of nitrogens with zero attached hydrogens (tertiary/aromatic N) is 1. The normalized spacial score (nSPS) is 15.8. The van der Waals surface area contributed by atoms with Crippen molar-refractivity contribution in [3.8, 4) is 6.07 Å². The number of carbonyl (C=O) groups excluding carboxylic acids is 3. The van der Waals surface area contributed by atoms with Crippen LogP contribution in [0.15, 0.2) is 24.3 Å². The number of nitriles is 1. The van der Waals surface area contributed by atoms with Gasteiger partial charge in [-0.2, -0.15) is 5.26 Å². The Hall–Kier alpha value is -3.21. The van der Waals surface area contributed by atoms with Gasteiger partial charge in [-0.05, 0) is 30.5 Å². The second-order valence-electron chi connectivity index (χ2n) is 6.95. The summed E-state index contributed by atoms with van der Waals surface area (Å²) in [6.45, 7) is 0. The Balaban J connectivity index is 2.12. The van der Waals surface area contributed by atoms with Crippen molar-refractivity contribution >= 4 is 24.1 Å². The molecule has 1 aromatic carbocycles. The lowest BCUT2D eigenvalue weighted by Crippen LogP contribution is -2.51. The second kappa shape index (κ2) is 10.2. The molecule has 0 saturated heterocycles. The quantitative estimate of drug-likeness (QED) is 0.550. The fraction of sp³-hybridized carbons (Fsp3) is 0.450. The van der Waals surface area contributed by atoms with Crippen LogP contribution in [0.5, 0.6) is 0 Å². The largest absolute Gasteiger partial charge is 0.481 e. The van der Waals surface area contributed by atoms with Gasteiger partial charge in [0.15, 0.2) is 0 Å². The van der Waals surface area contributed by atoms with E-state index in [4.69, 9.17) is 10.4 Å². The molecule has 0 aliphatic heterocycles. The Morgan fingerprint density at radius 3 is 2.57 bits per heavy atom. The van der Waals surface area contributed by atoms with E-state index in [-0.39, 0.29) is 11.5 Å². The zero-order valence-corrected chi connectivity index (χ0v) is 15.4. The molecule has 2 amide bonds. The summed E-state index contributed by atoms with van der Waals surface area (Å²) in [5, 5.41) is 22.9. The van der Waals surface area contributed by atoms with Crippen molar-refractivity contribution in [2.24, 2.45) is 5.92 Å². The molecule has 8 heteroatoms. The molecule has 1 aliphatic carbocycles. The highest BCUT2D eigenvalue weighted by Gasteiger charge is 2.28. The number of aliphatic carboxylic acids is 1. The molecule has 0 unspecified atom stereocenters. The number of carbonyl (C=O) groups is 4. The number of hydrogen-bond donors (Lipinski definition) is 3. The van der Waals surface area contributed by atoms with Gasteiger partial charge in [-0.3, -0.25) is 14.4 Å². The first-order chi connectivity index (χ1) is 13.4. The minimum atomic E-state index is -1.21. The van der Waals surface area contributed by atoms with E-state index in [1.54, 1.807) is 18.2 Å². The lowest BCUT2D eigenvalue weighted by Gasteiger charge is -2.23. The van der Waals surface area contributed by atoms with Gasteiger partial charge in [-0.1, -0.05) is 31.7 Å². The van der Waals surface area contributed by atoms with Gasteiger partial charge in [-0.15, -0.1) is 0 Å². The summed E-state index contributed by atoms with van der Waals surface area (Å²) in [6, 6.07) is 6.02. The molecule has 0 radical (unpaired) electrons. The molecule has 0 aromatic heterocycles. The summed E-state index contributed by atoms with van der Waals surface area (Å²) in [7, 11) is 0. The molecule has 0 heterocycles. The lowest BCUT2D eigenvalue weighted by atomic mass is 9.97. The van der Waals surface area contributed by atoms with E-state index in [0.29, 0.717) is 18.3 Å².